The molecule has 2 N–H and O–H groups in total. The summed E-state index contributed by atoms with van der Waals surface area (Å²) in [5, 5.41) is 0.651. The third kappa shape index (κ3) is 2.60. The predicted molar refractivity (Wildman–Crippen MR) is 80.1 cm³/mol. The van der Waals surface area contributed by atoms with Crippen molar-refractivity contribution in [3.8, 4) is 22.8 Å². The Morgan fingerprint density at radius 3 is 2.55 bits per heavy atom. The molecule has 5 heteroatoms. The summed E-state index contributed by atoms with van der Waals surface area (Å²) in [6.07, 6.45) is 3.36. The molecular weight excluding hydrogens is 272 g/mol. The summed E-state index contributed by atoms with van der Waals surface area (Å²) in [7, 11) is 0. The highest BCUT2D eigenvalue weighted by atomic mass is 35.5. The van der Waals surface area contributed by atoms with Gasteiger partial charge in [0.15, 0.2) is 5.82 Å². The van der Waals surface area contributed by atoms with E-state index in [0.717, 1.165) is 17.0 Å². The van der Waals surface area contributed by atoms with E-state index in [0.29, 0.717) is 16.5 Å². The van der Waals surface area contributed by atoms with Crippen molar-refractivity contribution in [3.05, 3.63) is 59.9 Å². The number of hydrogen-bond donors (Lipinski definition) is 1. The van der Waals surface area contributed by atoms with Crippen LogP contribution in [-0.4, -0.2) is 15.0 Å². The molecule has 2 aromatic heterocycles. The van der Waals surface area contributed by atoms with E-state index in [4.69, 9.17) is 17.3 Å². The number of hydrogen-bond acceptors (Lipinski definition) is 4. The van der Waals surface area contributed by atoms with Crippen LogP contribution in [0.5, 0.6) is 0 Å². The summed E-state index contributed by atoms with van der Waals surface area (Å²) in [6, 6.07) is 12.7. The first-order chi connectivity index (χ1) is 9.72. The summed E-state index contributed by atoms with van der Waals surface area (Å²) < 4.78 is 0. The maximum absolute atomic E-state index is 5.99. The molecule has 0 spiro atoms. The zero-order chi connectivity index (χ0) is 13.9. The molecule has 4 nitrogen and oxygen atoms in total. The Morgan fingerprint density at radius 1 is 0.900 bits per heavy atom. The lowest BCUT2D eigenvalue weighted by molar-refractivity contribution is 1.16. The number of nitrogens with zero attached hydrogens (tertiary/aromatic N) is 3. The van der Waals surface area contributed by atoms with E-state index >= 15 is 0 Å². The van der Waals surface area contributed by atoms with Crippen molar-refractivity contribution in [2.45, 2.75) is 0 Å². The maximum atomic E-state index is 5.99. The van der Waals surface area contributed by atoms with Gasteiger partial charge >= 0.3 is 0 Å². The fraction of sp³-hybridized carbons (Fsp3) is 0. The Hall–Kier alpha value is -2.46. The summed E-state index contributed by atoms with van der Waals surface area (Å²) >= 11 is 5.99. The van der Waals surface area contributed by atoms with Crippen LogP contribution in [0.2, 0.25) is 5.02 Å². The first-order valence-electron chi connectivity index (χ1n) is 6.03. The highest BCUT2D eigenvalue weighted by Gasteiger charge is 2.06. The number of anilines is 1. The minimum atomic E-state index is 0.606. The minimum absolute atomic E-state index is 0.606. The smallest absolute Gasteiger partial charge is 0.159 e. The van der Waals surface area contributed by atoms with Gasteiger partial charge in [-0.05, 0) is 30.3 Å². The standard InChI is InChI=1S/C15H11ClN4/c16-11-3-1-2-10(8-11)15-19-7-5-13(20-15)14-9-12(17)4-6-18-14/h1-9H,(H2,17,18). The second kappa shape index (κ2) is 5.27. The van der Waals surface area contributed by atoms with Crippen LogP contribution in [0.1, 0.15) is 0 Å². The number of nitrogens with two attached hydrogens (primary N) is 1. The average molecular weight is 283 g/mol. The first-order valence-corrected chi connectivity index (χ1v) is 6.41. The lowest BCUT2D eigenvalue weighted by atomic mass is 10.2. The topological polar surface area (TPSA) is 64.7 Å². The Labute approximate surface area is 121 Å². The molecule has 3 rings (SSSR count). The molecule has 2 heterocycles. The van der Waals surface area contributed by atoms with E-state index in [1.54, 1.807) is 30.6 Å². The molecule has 98 valence electrons. The van der Waals surface area contributed by atoms with Gasteiger partial charge in [-0.15, -0.1) is 0 Å². The van der Waals surface area contributed by atoms with Crippen molar-refractivity contribution in [1.82, 2.24) is 15.0 Å². The zero-order valence-electron chi connectivity index (χ0n) is 10.5. The summed E-state index contributed by atoms with van der Waals surface area (Å²) in [5.74, 6) is 0.606. The average Bonchev–Trinajstić information content (AvgIpc) is 2.47. The number of pyridine rings is 1. The van der Waals surface area contributed by atoms with E-state index < -0.39 is 0 Å². The van der Waals surface area contributed by atoms with Gasteiger partial charge in [-0.2, -0.15) is 0 Å². The largest absolute Gasteiger partial charge is 0.399 e. The highest BCUT2D eigenvalue weighted by molar-refractivity contribution is 6.30. The second-order valence-corrected chi connectivity index (χ2v) is 4.69. The number of halogens is 1. The number of aromatic nitrogens is 3. The molecule has 20 heavy (non-hydrogen) atoms. The van der Waals surface area contributed by atoms with Crippen LogP contribution in [-0.2, 0) is 0 Å². The van der Waals surface area contributed by atoms with Crippen LogP contribution >= 0.6 is 11.6 Å². The van der Waals surface area contributed by atoms with Crippen LogP contribution < -0.4 is 5.73 Å². The van der Waals surface area contributed by atoms with Crippen LogP contribution in [0.3, 0.4) is 0 Å². The molecule has 0 bridgehead atoms. The quantitative estimate of drug-likeness (QED) is 0.782. The fourth-order valence-electron chi connectivity index (χ4n) is 1.85. The third-order valence-corrected chi connectivity index (χ3v) is 3.02. The molecule has 1 aromatic carbocycles. The van der Waals surface area contributed by atoms with Gasteiger partial charge in [-0.1, -0.05) is 23.7 Å². The van der Waals surface area contributed by atoms with Crippen LogP contribution in [0.25, 0.3) is 22.8 Å². The van der Waals surface area contributed by atoms with Crippen LogP contribution in [0.15, 0.2) is 54.9 Å². The molecule has 0 fully saturated rings. The molecule has 0 amide bonds. The van der Waals surface area contributed by atoms with Crippen molar-refractivity contribution in [2.24, 2.45) is 0 Å². The Morgan fingerprint density at radius 2 is 1.75 bits per heavy atom. The SMILES string of the molecule is Nc1ccnc(-c2ccnc(-c3cccc(Cl)c3)n2)c1. The van der Waals surface area contributed by atoms with Gasteiger partial charge in [-0.25, -0.2) is 9.97 Å². The summed E-state index contributed by atoms with van der Waals surface area (Å²) in [6.45, 7) is 0. The van der Waals surface area contributed by atoms with Gasteiger partial charge in [-0.3, -0.25) is 4.98 Å². The molecule has 0 radical (unpaired) electrons. The summed E-state index contributed by atoms with van der Waals surface area (Å²) in [4.78, 5) is 13.0. The van der Waals surface area contributed by atoms with Gasteiger partial charge in [0.05, 0.1) is 11.4 Å². The molecule has 0 saturated heterocycles. The van der Waals surface area contributed by atoms with Gasteiger partial charge in [0, 0.05) is 28.7 Å². The number of benzene rings is 1. The molecule has 3 aromatic rings. The molecule has 0 aliphatic rings. The lowest BCUT2D eigenvalue weighted by Gasteiger charge is -2.04. The molecule has 0 aliphatic heterocycles. The molecule has 0 unspecified atom stereocenters. The maximum Gasteiger partial charge on any atom is 0.159 e. The van der Waals surface area contributed by atoms with E-state index in [2.05, 4.69) is 15.0 Å². The molecule has 0 saturated carbocycles. The van der Waals surface area contributed by atoms with Crippen LogP contribution in [0, 0.1) is 0 Å². The highest BCUT2D eigenvalue weighted by Crippen LogP contribution is 2.22. The van der Waals surface area contributed by atoms with Crippen molar-refractivity contribution >= 4 is 17.3 Å². The van der Waals surface area contributed by atoms with Crippen molar-refractivity contribution in [2.75, 3.05) is 5.73 Å². The first kappa shape index (κ1) is 12.6. The predicted octanol–water partition coefficient (Wildman–Crippen LogP) is 3.44. The Kier molecular flexibility index (Phi) is 3.31. The van der Waals surface area contributed by atoms with E-state index in [9.17, 15) is 0 Å². The number of rotatable bonds is 2. The van der Waals surface area contributed by atoms with E-state index in [1.165, 1.54) is 0 Å². The van der Waals surface area contributed by atoms with Crippen LogP contribution in [0.4, 0.5) is 5.69 Å². The fourth-order valence-corrected chi connectivity index (χ4v) is 2.05. The summed E-state index contributed by atoms with van der Waals surface area (Å²) in [5.41, 5.74) is 8.72. The Bertz CT molecular complexity index is 697. The zero-order valence-corrected chi connectivity index (χ0v) is 11.2. The Balaban J connectivity index is 2.06. The van der Waals surface area contributed by atoms with Gasteiger partial charge in [0.25, 0.3) is 0 Å². The molecular formula is C15H11ClN4. The van der Waals surface area contributed by atoms with E-state index in [-0.39, 0.29) is 0 Å². The van der Waals surface area contributed by atoms with Gasteiger partial charge in [0.1, 0.15) is 0 Å². The third-order valence-electron chi connectivity index (χ3n) is 2.78. The normalized spacial score (nSPS) is 10.4. The van der Waals surface area contributed by atoms with Gasteiger partial charge in [0.2, 0.25) is 0 Å². The molecule has 0 aliphatic carbocycles. The minimum Gasteiger partial charge on any atom is -0.399 e. The molecule has 0 atom stereocenters. The number of nitrogen functional groups attached to an aromatic ring is 1. The van der Waals surface area contributed by atoms with E-state index in [1.807, 2.05) is 24.3 Å². The van der Waals surface area contributed by atoms with Crippen molar-refractivity contribution in [3.63, 3.8) is 0 Å². The lowest BCUT2D eigenvalue weighted by Crippen LogP contribution is -1.94. The van der Waals surface area contributed by atoms with Crippen molar-refractivity contribution in [1.29, 1.82) is 0 Å². The van der Waals surface area contributed by atoms with Crippen molar-refractivity contribution < 1.29 is 0 Å². The van der Waals surface area contributed by atoms with Gasteiger partial charge < -0.3 is 5.73 Å². The second-order valence-electron chi connectivity index (χ2n) is 4.25. The monoisotopic (exact) mass is 282 g/mol.